The van der Waals surface area contributed by atoms with Crippen molar-refractivity contribution in [2.24, 2.45) is 5.92 Å². The third-order valence-corrected chi connectivity index (χ3v) is 3.84. The lowest BCUT2D eigenvalue weighted by Crippen LogP contribution is -2.06. The van der Waals surface area contributed by atoms with Crippen LogP contribution in [0.3, 0.4) is 0 Å². The molecule has 0 fully saturated rings. The van der Waals surface area contributed by atoms with Gasteiger partial charge in [0.15, 0.2) is 0 Å². The van der Waals surface area contributed by atoms with E-state index in [4.69, 9.17) is 4.74 Å². The van der Waals surface area contributed by atoms with Crippen LogP contribution in [0.25, 0.3) is 5.57 Å². The summed E-state index contributed by atoms with van der Waals surface area (Å²) in [6, 6.07) is 7.87. The number of ether oxygens (including phenoxy) is 1. The van der Waals surface area contributed by atoms with Gasteiger partial charge in [0.25, 0.3) is 0 Å². The lowest BCUT2D eigenvalue weighted by molar-refractivity contribution is -0.134. The molecule has 1 unspecified atom stereocenters. The van der Waals surface area contributed by atoms with Crippen LogP contribution in [0, 0.1) is 5.92 Å². The van der Waals surface area contributed by atoms with E-state index in [1.54, 1.807) is 6.92 Å². The van der Waals surface area contributed by atoms with E-state index < -0.39 is 0 Å². The second kappa shape index (κ2) is 6.55. The topological polar surface area (TPSA) is 26.3 Å². The van der Waals surface area contributed by atoms with Crippen molar-refractivity contribution in [3.63, 3.8) is 0 Å². The van der Waals surface area contributed by atoms with E-state index in [0.717, 1.165) is 12.3 Å². The monoisotopic (exact) mass is 258 g/mol. The van der Waals surface area contributed by atoms with E-state index >= 15 is 0 Å². The van der Waals surface area contributed by atoms with Crippen LogP contribution >= 0.6 is 0 Å². The quantitative estimate of drug-likeness (QED) is 0.583. The average Bonchev–Trinajstić information content (AvgIpc) is 2.48. The first-order valence-corrected chi connectivity index (χ1v) is 7.23. The molecule has 1 aliphatic rings. The van der Waals surface area contributed by atoms with E-state index in [0.29, 0.717) is 12.2 Å². The van der Waals surface area contributed by atoms with Crippen LogP contribution in [0.4, 0.5) is 0 Å². The molecule has 0 N–H and O–H groups in total. The summed E-state index contributed by atoms with van der Waals surface area (Å²) in [7, 11) is 0. The summed E-state index contributed by atoms with van der Waals surface area (Å²) in [6.45, 7) is 4.06. The smallest absolute Gasteiger partial charge is 0.310 e. The molecule has 0 aliphatic heterocycles. The summed E-state index contributed by atoms with van der Waals surface area (Å²) < 4.78 is 5.18. The molecule has 0 bridgehead atoms. The van der Waals surface area contributed by atoms with Crippen LogP contribution < -0.4 is 4.74 Å². The standard InChI is InChI=1S/C17H22O2/c1-3-13-5-7-14(8-6-13)15-9-11-16(12-10-15)19-17(18)4-2/h7,9-13H,3-6,8H2,1-2H3. The molecule has 0 spiro atoms. The van der Waals surface area contributed by atoms with Gasteiger partial charge in [-0.05, 0) is 48.4 Å². The van der Waals surface area contributed by atoms with Gasteiger partial charge in [0.1, 0.15) is 5.75 Å². The van der Waals surface area contributed by atoms with Gasteiger partial charge in [-0.1, -0.05) is 38.5 Å². The molecule has 0 saturated heterocycles. The zero-order valence-corrected chi connectivity index (χ0v) is 11.8. The Morgan fingerprint density at radius 1 is 1.26 bits per heavy atom. The molecule has 0 heterocycles. The van der Waals surface area contributed by atoms with Gasteiger partial charge < -0.3 is 4.74 Å². The van der Waals surface area contributed by atoms with Crippen LogP contribution in [0.15, 0.2) is 30.3 Å². The van der Waals surface area contributed by atoms with E-state index in [9.17, 15) is 4.79 Å². The normalized spacial score (nSPS) is 18.8. The number of carbonyl (C=O) groups is 1. The first-order valence-electron chi connectivity index (χ1n) is 7.23. The van der Waals surface area contributed by atoms with Gasteiger partial charge in [-0.25, -0.2) is 0 Å². The highest BCUT2D eigenvalue weighted by molar-refractivity contribution is 5.72. The molecule has 1 aliphatic carbocycles. The van der Waals surface area contributed by atoms with Gasteiger partial charge in [0.05, 0.1) is 0 Å². The van der Waals surface area contributed by atoms with Crippen LogP contribution in [0.5, 0.6) is 5.75 Å². The molecule has 0 radical (unpaired) electrons. The molecule has 102 valence electrons. The average molecular weight is 258 g/mol. The molecule has 2 nitrogen and oxygen atoms in total. The van der Waals surface area contributed by atoms with Crippen molar-refractivity contribution in [2.45, 2.75) is 46.0 Å². The van der Waals surface area contributed by atoms with Crippen molar-refractivity contribution in [2.75, 3.05) is 0 Å². The molecule has 1 aromatic carbocycles. The molecular formula is C17H22O2. The largest absolute Gasteiger partial charge is 0.427 e. The van der Waals surface area contributed by atoms with Gasteiger partial charge >= 0.3 is 5.97 Å². The number of allylic oxidation sites excluding steroid dienone is 2. The summed E-state index contributed by atoms with van der Waals surface area (Å²) >= 11 is 0. The number of rotatable bonds is 4. The Bertz CT molecular complexity index is 457. The molecule has 2 heteroatoms. The lowest BCUT2D eigenvalue weighted by atomic mass is 9.85. The Hall–Kier alpha value is -1.57. The van der Waals surface area contributed by atoms with E-state index in [2.05, 4.69) is 25.1 Å². The second-order valence-corrected chi connectivity index (χ2v) is 5.13. The van der Waals surface area contributed by atoms with Crippen LogP contribution in [0.2, 0.25) is 0 Å². The highest BCUT2D eigenvalue weighted by atomic mass is 16.5. The molecule has 2 rings (SSSR count). The number of carbonyl (C=O) groups excluding carboxylic acids is 1. The summed E-state index contributed by atoms with van der Waals surface area (Å²) in [5.41, 5.74) is 2.68. The predicted molar refractivity (Wildman–Crippen MR) is 78.0 cm³/mol. The molecule has 0 aromatic heterocycles. The van der Waals surface area contributed by atoms with Crippen LogP contribution in [0.1, 0.15) is 51.5 Å². The maximum Gasteiger partial charge on any atom is 0.310 e. The van der Waals surface area contributed by atoms with Gasteiger partial charge in [0.2, 0.25) is 0 Å². The number of esters is 1. The maximum atomic E-state index is 11.2. The highest BCUT2D eigenvalue weighted by Gasteiger charge is 2.13. The number of hydrogen-bond acceptors (Lipinski definition) is 2. The van der Waals surface area contributed by atoms with Crippen molar-refractivity contribution in [1.29, 1.82) is 0 Å². The zero-order chi connectivity index (χ0) is 13.7. The van der Waals surface area contributed by atoms with Crippen molar-refractivity contribution in [3.8, 4) is 5.75 Å². The van der Waals surface area contributed by atoms with Crippen molar-refractivity contribution < 1.29 is 9.53 Å². The van der Waals surface area contributed by atoms with E-state index in [1.807, 2.05) is 12.1 Å². The number of hydrogen-bond donors (Lipinski definition) is 0. The fraction of sp³-hybridized carbons (Fsp3) is 0.471. The molecular weight excluding hydrogens is 236 g/mol. The fourth-order valence-electron chi connectivity index (χ4n) is 2.46. The Balaban J connectivity index is 2.02. The maximum absolute atomic E-state index is 11.2. The van der Waals surface area contributed by atoms with Gasteiger partial charge in [0, 0.05) is 6.42 Å². The van der Waals surface area contributed by atoms with Crippen LogP contribution in [-0.2, 0) is 4.79 Å². The Morgan fingerprint density at radius 3 is 2.53 bits per heavy atom. The lowest BCUT2D eigenvalue weighted by Gasteiger charge is -2.20. The predicted octanol–water partition coefficient (Wildman–Crippen LogP) is 4.60. The van der Waals surface area contributed by atoms with Gasteiger partial charge in [-0.3, -0.25) is 4.79 Å². The molecule has 0 saturated carbocycles. The molecule has 1 atom stereocenters. The summed E-state index contributed by atoms with van der Waals surface area (Å²) in [6.07, 6.45) is 7.69. The molecule has 1 aromatic rings. The van der Waals surface area contributed by atoms with Gasteiger partial charge in [-0.15, -0.1) is 0 Å². The highest BCUT2D eigenvalue weighted by Crippen LogP contribution is 2.32. The Morgan fingerprint density at radius 2 is 2.00 bits per heavy atom. The second-order valence-electron chi connectivity index (χ2n) is 5.13. The molecule has 19 heavy (non-hydrogen) atoms. The first kappa shape index (κ1) is 13.9. The zero-order valence-electron chi connectivity index (χ0n) is 11.8. The summed E-state index contributed by atoms with van der Waals surface area (Å²) in [4.78, 5) is 11.2. The summed E-state index contributed by atoms with van der Waals surface area (Å²) in [5.74, 6) is 1.31. The molecule has 0 amide bonds. The van der Waals surface area contributed by atoms with Crippen molar-refractivity contribution in [3.05, 3.63) is 35.9 Å². The van der Waals surface area contributed by atoms with Crippen LogP contribution in [-0.4, -0.2) is 5.97 Å². The summed E-state index contributed by atoms with van der Waals surface area (Å²) in [5, 5.41) is 0. The van der Waals surface area contributed by atoms with Crippen molar-refractivity contribution >= 4 is 11.5 Å². The number of benzene rings is 1. The minimum Gasteiger partial charge on any atom is -0.427 e. The third-order valence-electron chi connectivity index (χ3n) is 3.84. The Kier molecular flexibility index (Phi) is 4.78. The third kappa shape index (κ3) is 3.69. The van der Waals surface area contributed by atoms with E-state index in [-0.39, 0.29) is 5.97 Å². The Labute approximate surface area is 115 Å². The minimum absolute atomic E-state index is 0.185. The van der Waals surface area contributed by atoms with Crippen molar-refractivity contribution in [1.82, 2.24) is 0 Å². The first-order chi connectivity index (χ1) is 9.22. The SMILES string of the molecule is CCC(=O)Oc1ccc(C2=CCC(CC)CC2)cc1. The minimum atomic E-state index is -0.185. The van der Waals surface area contributed by atoms with E-state index in [1.165, 1.54) is 30.4 Å². The fourth-order valence-corrected chi connectivity index (χ4v) is 2.46. The van der Waals surface area contributed by atoms with Gasteiger partial charge in [-0.2, -0.15) is 0 Å².